The Bertz CT molecular complexity index is 1490. The fourth-order valence-corrected chi connectivity index (χ4v) is 3.84. The summed E-state index contributed by atoms with van der Waals surface area (Å²) in [5.41, 5.74) is 5.08. The molecule has 3 heterocycles. The van der Waals surface area contributed by atoms with E-state index in [1.807, 2.05) is 35.9 Å². The minimum absolute atomic E-state index is 0.289. The van der Waals surface area contributed by atoms with E-state index in [2.05, 4.69) is 39.3 Å². The summed E-state index contributed by atoms with van der Waals surface area (Å²) in [5.74, 6) is -0.713. The summed E-state index contributed by atoms with van der Waals surface area (Å²) in [6.07, 6.45) is 1.74. The van der Waals surface area contributed by atoms with E-state index in [0.717, 1.165) is 28.4 Å². The van der Waals surface area contributed by atoms with Crippen LogP contribution in [0.4, 0.5) is 14.6 Å². The molecule has 0 atom stereocenters. The third kappa shape index (κ3) is 4.34. The first kappa shape index (κ1) is 21.6. The number of anilines is 1. The lowest BCUT2D eigenvalue weighted by Crippen LogP contribution is -2.06. The molecule has 0 aliphatic heterocycles. The maximum atomic E-state index is 13.5. The molecular weight excluding hydrogens is 434 g/mol. The molecule has 2 aromatic carbocycles. The van der Waals surface area contributed by atoms with Crippen LogP contribution in [-0.4, -0.2) is 24.7 Å². The maximum Gasteiger partial charge on any atom is 0.183 e. The van der Waals surface area contributed by atoms with Gasteiger partial charge in [0.15, 0.2) is 23.1 Å². The SMILES string of the molecule is Cc1cc(NCc2ccc(F)c(F)c2)nc(-c2nn(Cc3ccccc3C)c3ncccc23)n1. The number of aromatic nitrogens is 5. The van der Waals surface area contributed by atoms with E-state index in [9.17, 15) is 8.78 Å². The van der Waals surface area contributed by atoms with Gasteiger partial charge in [0.25, 0.3) is 0 Å². The zero-order chi connectivity index (χ0) is 23.7. The highest BCUT2D eigenvalue weighted by atomic mass is 19.2. The fourth-order valence-electron chi connectivity index (χ4n) is 3.84. The van der Waals surface area contributed by atoms with Crippen LogP contribution in [0.25, 0.3) is 22.6 Å². The van der Waals surface area contributed by atoms with Crippen molar-refractivity contribution in [3.05, 3.63) is 101 Å². The molecule has 0 saturated heterocycles. The summed E-state index contributed by atoms with van der Waals surface area (Å²) in [4.78, 5) is 13.8. The van der Waals surface area contributed by atoms with Gasteiger partial charge >= 0.3 is 0 Å². The van der Waals surface area contributed by atoms with E-state index in [1.54, 1.807) is 12.3 Å². The molecule has 0 unspecified atom stereocenters. The number of benzene rings is 2. The number of pyridine rings is 1. The number of fused-ring (bicyclic) bond motifs is 1. The number of halogens is 2. The van der Waals surface area contributed by atoms with Crippen molar-refractivity contribution in [3.8, 4) is 11.5 Å². The largest absolute Gasteiger partial charge is 0.366 e. The Morgan fingerprint density at radius 1 is 0.912 bits per heavy atom. The average Bonchev–Trinajstić information content (AvgIpc) is 3.19. The van der Waals surface area contributed by atoms with E-state index in [1.165, 1.54) is 17.7 Å². The molecule has 1 N–H and O–H groups in total. The predicted molar refractivity (Wildman–Crippen MR) is 127 cm³/mol. The number of hydrogen-bond donors (Lipinski definition) is 1. The van der Waals surface area contributed by atoms with E-state index in [0.29, 0.717) is 29.4 Å². The number of nitrogens with one attached hydrogen (secondary N) is 1. The number of aryl methyl sites for hydroxylation is 2. The van der Waals surface area contributed by atoms with Crippen LogP contribution in [0.3, 0.4) is 0 Å². The highest BCUT2D eigenvalue weighted by Crippen LogP contribution is 2.26. The van der Waals surface area contributed by atoms with E-state index < -0.39 is 11.6 Å². The van der Waals surface area contributed by atoms with Crippen LogP contribution in [-0.2, 0) is 13.1 Å². The molecule has 0 spiro atoms. The molecule has 34 heavy (non-hydrogen) atoms. The third-order valence-corrected chi connectivity index (χ3v) is 5.61. The van der Waals surface area contributed by atoms with Crippen LogP contribution >= 0.6 is 0 Å². The molecule has 5 rings (SSSR count). The Morgan fingerprint density at radius 2 is 1.76 bits per heavy atom. The van der Waals surface area contributed by atoms with Crippen LogP contribution in [0.15, 0.2) is 66.9 Å². The van der Waals surface area contributed by atoms with Gasteiger partial charge in [0.2, 0.25) is 0 Å². The quantitative estimate of drug-likeness (QED) is 0.368. The summed E-state index contributed by atoms with van der Waals surface area (Å²) in [6, 6.07) is 17.6. The first-order valence-corrected chi connectivity index (χ1v) is 10.9. The molecule has 3 aromatic heterocycles. The topological polar surface area (TPSA) is 68.5 Å². The summed E-state index contributed by atoms with van der Waals surface area (Å²) in [7, 11) is 0. The van der Waals surface area contributed by atoms with Crippen molar-refractivity contribution in [3.63, 3.8) is 0 Å². The molecule has 8 heteroatoms. The second kappa shape index (κ2) is 8.97. The molecule has 0 aliphatic carbocycles. The minimum atomic E-state index is -0.878. The van der Waals surface area contributed by atoms with Crippen LogP contribution < -0.4 is 5.32 Å². The smallest absolute Gasteiger partial charge is 0.183 e. The molecule has 0 saturated carbocycles. The summed E-state index contributed by atoms with van der Waals surface area (Å²) >= 11 is 0. The van der Waals surface area contributed by atoms with Gasteiger partial charge in [-0.2, -0.15) is 5.10 Å². The van der Waals surface area contributed by atoms with Gasteiger partial charge in [0.1, 0.15) is 11.5 Å². The number of hydrogen-bond acceptors (Lipinski definition) is 5. The number of nitrogens with zero attached hydrogens (tertiary/aromatic N) is 5. The van der Waals surface area contributed by atoms with Gasteiger partial charge in [-0.3, -0.25) is 0 Å². The molecule has 170 valence electrons. The van der Waals surface area contributed by atoms with Crippen molar-refractivity contribution >= 4 is 16.9 Å². The maximum absolute atomic E-state index is 13.5. The molecular formula is C26H22F2N6. The lowest BCUT2D eigenvalue weighted by molar-refractivity contribution is 0.507. The first-order valence-electron chi connectivity index (χ1n) is 10.9. The van der Waals surface area contributed by atoms with Gasteiger partial charge in [-0.05, 0) is 54.8 Å². The van der Waals surface area contributed by atoms with Gasteiger partial charge < -0.3 is 5.32 Å². The standard InChI is InChI=1S/C26H22F2N6/c1-16-6-3-4-7-19(16)15-34-26-20(8-5-11-29-26)24(33-34)25-31-17(2)12-23(32-25)30-14-18-9-10-21(27)22(28)13-18/h3-13H,14-15H2,1-2H3,(H,30,31,32). The van der Waals surface area contributed by atoms with Crippen LogP contribution in [0.2, 0.25) is 0 Å². The van der Waals surface area contributed by atoms with Crippen molar-refractivity contribution in [2.24, 2.45) is 0 Å². The predicted octanol–water partition coefficient (Wildman–Crippen LogP) is 5.44. The highest BCUT2D eigenvalue weighted by molar-refractivity contribution is 5.89. The Hall–Kier alpha value is -4.20. The normalized spacial score (nSPS) is 11.2. The first-order chi connectivity index (χ1) is 16.5. The van der Waals surface area contributed by atoms with E-state index >= 15 is 0 Å². The summed E-state index contributed by atoms with van der Waals surface area (Å²) in [6.45, 7) is 4.81. The Labute approximate surface area is 195 Å². The van der Waals surface area contributed by atoms with E-state index in [4.69, 9.17) is 5.10 Å². The van der Waals surface area contributed by atoms with Crippen LogP contribution in [0.1, 0.15) is 22.4 Å². The van der Waals surface area contributed by atoms with Gasteiger partial charge in [-0.25, -0.2) is 28.4 Å². The van der Waals surface area contributed by atoms with Crippen molar-refractivity contribution in [1.29, 1.82) is 0 Å². The Morgan fingerprint density at radius 3 is 2.59 bits per heavy atom. The zero-order valence-electron chi connectivity index (χ0n) is 18.8. The Kier molecular flexibility index (Phi) is 5.71. The average molecular weight is 457 g/mol. The molecule has 0 radical (unpaired) electrons. The number of rotatable bonds is 6. The van der Waals surface area contributed by atoms with Gasteiger partial charge in [-0.15, -0.1) is 0 Å². The minimum Gasteiger partial charge on any atom is -0.366 e. The van der Waals surface area contributed by atoms with Crippen molar-refractivity contribution in [2.45, 2.75) is 26.9 Å². The molecule has 0 aliphatic rings. The fraction of sp³-hybridized carbons (Fsp3) is 0.154. The van der Waals surface area contributed by atoms with Crippen LogP contribution in [0.5, 0.6) is 0 Å². The van der Waals surface area contributed by atoms with Gasteiger partial charge in [0, 0.05) is 24.5 Å². The van der Waals surface area contributed by atoms with Gasteiger partial charge in [-0.1, -0.05) is 30.3 Å². The second-order valence-corrected chi connectivity index (χ2v) is 8.13. The van der Waals surface area contributed by atoms with Crippen molar-refractivity contribution in [1.82, 2.24) is 24.7 Å². The lowest BCUT2D eigenvalue weighted by Gasteiger charge is -2.08. The lowest BCUT2D eigenvalue weighted by atomic mass is 10.1. The molecule has 5 aromatic rings. The van der Waals surface area contributed by atoms with Crippen molar-refractivity contribution in [2.75, 3.05) is 5.32 Å². The zero-order valence-corrected chi connectivity index (χ0v) is 18.8. The summed E-state index contributed by atoms with van der Waals surface area (Å²) in [5, 5.41) is 8.85. The monoisotopic (exact) mass is 456 g/mol. The second-order valence-electron chi connectivity index (χ2n) is 8.13. The van der Waals surface area contributed by atoms with Gasteiger partial charge in [0.05, 0.1) is 11.9 Å². The van der Waals surface area contributed by atoms with Crippen molar-refractivity contribution < 1.29 is 8.78 Å². The molecule has 0 fully saturated rings. The molecule has 6 nitrogen and oxygen atoms in total. The summed E-state index contributed by atoms with van der Waals surface area (Å²) < 4.78 is 28.6. The molecule has 0 bridgehead atoms. The third-order valence-electron chi connectivity index (χ3n) is 5.61. The van der Waals surface area contributed by atoms with E-state index in [-0.39, 0.29) is 6.54 Å². The van der Waals surface area contributed by atoms with Crippen LogP contribution in [0, 0.1) is 25.5 Å². The Balaban J connectivity index is 1.49. The highest BCUT2D eigenvalue weighted by Gasteiger charge is 2.17. The molecule has 0 amide bonds.